The molecule has 0 saturated carbocycles. The van der Waals surface area contributed by atoms with Crippen LogP contribution in [0.5, 0.6) is 5.75 Å². The van der Waals surface area contributed by atoms with Crippen LogP contribution in [0.25, 0.3) is 0 Å². The fourth-order valence-electron chi connectivity index (χ4n) is 3.97. The van der Waals surface area contributed by atoms with E-state index in [0.717, 1.165) is 22.0 Å². The summed E-state index contributed by atoms with van der Waals surface area (Å²) < 4.78 is 47.8. The Bertz CT molecular complexity index is 1370. The van der Waals surface area contributed by atoms with Gasteiger partial charge in [0.2, 0.25) is 11.8 Å². The summed E-state index contributed by atoms with van der Waals surface area (Å²) in [4.78, 5) is 28.2. The van der Waals surface area contributed by atoms with Crippen molar-refractivity contribution < 1.29 is 27.1 Å². The minimum atomic E-state index is -4.26. The van der Waals surface area contributed by atoms with Crippen LogP contribution in [0.2, 0.25) is 0 Å². The number of nitrogens with zero attached hydrogens (tertiary/aromatic N) is 2. The second kappa shape index (κ2) is 13.9. The highest BCUT2D eigenvalue weighted by Crippen LogP contribution is 2.26. The molecule has 0 aliphatic carbocycles. The molecule has 3 aromatic rings. The van der Waals surface area contributed by atoms with E-state index >= 15 is 0 Å². The zero-order valence-corrected chi connectivity index (χ0v) is 24.0. The number of carbonyl (C=O) groups is 2. The zero-order chi connectivity index (χ0) is 29.3. The lowest BCUT2D eigenvalue weighted by Crippen LogP contribution is -2.52. The Labute approximate surface area is 235 Å². The number of hydrogen-bond acceptors (Lipinski definition) is 5. The summed E-state index contributed by atoms with van der Waals surface area (Å²) in [6.45, 7) is 7.15. The molecule has 0 aliphatic rings. The van der Waals surface area contributed by atoms with Gasteiger partial charge in [-0.05, 0) is 81.3 Å². The molecule has 0 aliphatic heterocycles. The first-order valence-electron chi connectivity index (χ1n) is 13.2. The van der Waals surface area contributed by atoms with Crippen molar-refractivity contribution >= 4 is 27.5 Å². The molecule has 2 amide bonds. The molecule has 1 N–H and O–H groups in total. The van der Waals surface area contributed by atoms with Crippen LogP contribution in [-0.4, -0.2) is 50.4 Å². The van der Waals surface area contributed by atoms with Gasteiger partial charge in [-0.15, -0.1) is 0 Å². The highest BCUT2D eigenvalue weighted by molar-refractivity contribution is 7.92. The minimum absolute atomic E-state index is 0.0646. The number of anilines is 1. The van der Waals surface area contributed by atoms with E-state index in [0.29, 0.717) is 18.8 Å². The summed E-state index contributed by atoms with van der Waals surface area (Å²) >= 11 is 0. The van der Waals surface area contributed by atoms with Crippen LogP contribution in [0.15, 0.2) is 83.8 Å². The van der Waals surface area contributed by atoms with Gasteiger partial charge in [0.1, 0.15) is 24.2 Å². The highest BCUT2D eigenvalue weighted by Gasteiger charge is 2.32. The lowest BCUT2D eigenvalue weighted by atomic mass is 10.1. The first-order valence-corrected chi connectivity index (χ1v) is 14.7. The molecule has 3 rings (SSSR count). The van der Waals surface area contributed by atoms with Gasteiger partial charge in [-0.2, -0.15) is 0 Å². The molecule has 2 atom stereocenters. The fourth-order valence-corrected chi connectivity index (χ4v) is 5.38. The highest BCUT2D eigenvalue weighted by atomic mass is 32.2. The van der Waals surface area contributed by atoms with E-state index in [1.165, 1.54) is 41.3 Å². The smallest absolute Gasteiger partial charge is 0.264 e. The van der Waals surface area contributed by atoms with Gasteiger partial charge in [-0.1, -0.05) is 37.3 Å². The summed E-state index contributed by atoms with van der Waals surface area (Å²) in [6.07, 6.45) is 0.712. The van der Waals surface area contributed by atoms with Crippen LogP contribution in [0.1, 0.15) is 39.7 Å². The van der Waals surface area contributed by atoms with E-state index in [4.69, 9.17) is 4.74 Å². The molecule has 0 radical (unpaired) electrons. The first-order chi connectivity index (χ1) is 19.1. The van der Waals surface area contributed by atoms with E-state index < -0.39 is 34.3 Å². The molecule has 0 heterocycles. The van der Waals surface area contributed by atoms with Crippen LogP contribution in [0.4, 0.5) is 10.1 Å². The van der Waals surface area contributed by atoms with E-state index in [-0.39, 0.29) is 29.1 Å². The Morgan fingerprint density at radius 2 is 1.55 bits per heavy atom. The summed E-state index contributed by atoms with van der Waals surface area (Å²) in [5, 5.41) is 2.90. The summed E-state index contributed by atoms with van der Waals surface area (Å²) in [5.74, 6) is -0.980. The molecular formula is C30H36FN3O5S. The van der Waals surface area contributed by atoms with Gasteiger partial charge < -0.3 is 15.0 Å². The van der Waals surface area contributed by atoms with Gasteiger partial charge in [0.15, 0.2) is 0 Å². The number of hydrogen-bond donors (Lipinski definition) is 1. The molecule has 10 heteroatoms. The van der Waals surface area contributed by atoms with Gasteiger partial charge in [-0.25, -0.2) is 12.8 Å². The zero-order valence-electron chi connectivity index (χ0n) is 23.2. The maximum absolute atomic E-state index is 13.9. The van der Waals surface area contributed by atoms with Crippen LogP contribution in [0, 0.1) is 5.82 Å². The first kappa shape index (κ1) is 30.6. The molecular weight excluding hydrogens is 533 g/mol. The van der Waals surface area contributed by atoms with Gasteiger partial charge in [0.05, 0.1) is 17.2 Å². The maximum atomic E-state index is 13.9. The third-order valence-electron chi connectivity index (χ3n) is 6.48. The quantitative estimate of drug-likeness (QED) is 0.321. The van der Waals surface area contributed by atoms with Crippen molar-refractivity contribution in [3.63, 3.8) is 0 Å². The standard InChI is InChI=1S/C30H36FN3O5S/c1-5-22(3)32-30(36)23(4)33(20-24-10-8-7-9-11-24)29(35)21-34(26-14-12-25(31)13-15-26)40(37,38)28-18-16-27(17-19-28)39-6-2/h7-19,22-23H,5-6,20-21H2,1-4H3,(H,32,36)/t22-,23-/m0/s1. The third kappa shape index (κ3) is 7.81. The SMILES string of the molecule is CCOc1ccc(S(=O)(=O)N(CC(=O)N(Cc2ccccc2)[C@@H](C)C(=O)N[C@@H](C)CC)c2ccc(F)cc2)cc1. The number of amides is 2. The third-order valence-corrected chi connectivity index (χ3v) is 8.27. The second-order valence-corrected chi connectivity index (χ2v) is 11.3. The van der Waals surface area contributed by atoms with E-state index in [2.05, 4.69) is 5.32 Å². The Hall–Kier alpha value is -3.92. The molecule has 0 saturated heterocycles. The van der Waals surface area contributed by atoms with E-state index in [9.17, 15) is 22.4 Å². The van der Waals surface area contributed by atoms with Crippen molar-refractivity contribution in [2.75, 3.05) is 17.5 Å². The summed E-state index contributed by atoms with van der Waals surface area (Å²) in [7, 11) is -4.26. The molecule has 3 aromatic carbocycles. The topological polar surface area (TPSA) is 96.0 Å². The second-order valence-electron chi connectivity index (χ2n) is 9.39. The van der Waals surface area contributed by atoms with Crippen molar-refractivity contribution in [3.05, 3.63) is 90.2 Å². The predicted molar refractivity (Wildman–Crippen MR) is 153 cm³/mol. The Balaban J connectivity index is 2.00. The lowest BCUT2D eigenvalue weighted by molar-refractivity contribution is -0.139. The summed E-state index contributed by atoms with van der Waals surface area (Å²) in [5.41, 5.74) is 0.891. The normalized spacial score (nSPS) is 12.7. The van der Waals surface area contributed by atoms with Gasteiger partial charge in [-0.3, -0.25) is 13.9 Å². The average Bonchev–Trinajstić information content (AvgIpc) is 2.95. The van der Waals surface area contributed by atoms with Crippen molar-refractivity contribution in [2.24, 2.45) is 0 Å². The number of ether oxygens (including phenoxy) is 1. The van der Waals surface area contributed by atoms with Gasteiger partial charge in [0.25, 0.3) is 10.0 Å². The molecule has 0 unspecified atom stereocenters. The Morgan fingerprint density at radius 1 is 0.925 bits per heavy atom. The van der Waals surface area contributed by atoms with Crippen molar-refractivity contribution in [3.8, 4) is 5.75 Å². The molecule has 40 heavy (non-hydrogen) atoms. The van der Waals surface area contributed by atoms with Crippen molar-refractivity contribution in [1.82, 2.24) is 10.2 Å². The minimum Gasteiger partial charge on any atom is -0.494 e. The molecule has 8 nitrogen and oxygen atoms in total. The molecule has 0 bridgehead atoms. The van der Waals surface area contributed by atoms with E-state index in [1.54, 1.807) is 6.92 Å². The number of nitrogens with one attached hydrogen (secondary N) is 1. The van der Waals surface area contributed by atoms with E-state index in [1.807, 2.05) is 51.1 Å². The molecule has 214 valence electrons. The number of rotatable bonds is 13. The van der Waals surface area contributed by atoms with Crippen LogP contribution in [0.3, 0.4) is 0 Å². The Morgan fingerprint density at radius 3 is 2.12 bits per heavy atom. The largest absolute Gasteiger partial charge is 0.494 e. The predicted octanol–water partition coefficient (Wildman–Crippen LogP) is 4.75. The monoisotopic (exact) mass is 569 g/mol. The average molecular weight is 570 g/mol. The number of carbonyl (C=O) groups excluding carboxylic acids is 2. The van der Waals surface area contributed by atoms with Crippen molar-refractivity contribution in [1.29, 1.82) is 0 Å². The van der Waals surface area contributed by atoms with Gasteiger partial charge >= 0.3 is 0 Å². The van der Waals surface area contributed by atoms with Crippen molar-refractivity contribution in [2.45, 2.75) is 57.6 Å². The molecule has 0 spiro atoms. The fraction of sp³-hybridized carbons (Fsp3) is 0.333. The van der Waals surface area contributed by atoms with Crippen LogP contribution < -0.4 is 14.4 Å². The lowest BCUT2D eigenvalue weighted by Gasteiger charge is -2.32. The molecule has 0 aromatic heterocycles. The Kier molecular flexibility index (Phi) is 10.7. The number of sulfonamides is 1. The van der Waals surface area contributed by atoms with Gasteiger partial charge in [0, 0.05) is 12.6 Å². The summed E-state index contributed by atoms with van der Waals surface area (Å²) in [6, 6.07) is 18.9. The number of benzene rings is 3. The number of halogens is 1. The van der Waals surface area contributed by atoms with Crippen LogP contribution >= 0.6 is 0 Å². The molecule has 0 fully saturated rings. The van der Waals surface area contributed by atoms with Crippen LogP contribution in [-0.2, 0) is 26.2 Å². The maximum Gasteiger partial charge on any atom is 0.264 e.